The lowest BCUT2D eigenvalue weighted by Crippen LogP contribution is -2.38. The molecule has 0 N–H and O–H groups in total. The molecule has 0 heterocycles. The molecule has 1 amide bonds. The van der Waals surface area contributed by atoms with Gasteiger partial charge in [0.25, 0.3) is 0 Å². The van der Waals surface area contributed by atoms with Gasteiger partial charge in [0.2, 0.25) is 0 Å². The molecule has 0 saturated heterocycles. The zero-order chi connectivity index (χ0) is 14.5. The van der Waals surface area contributed by atoms with Crippen LogP contribution in [-0.4, -0.2) is 37.0 Å². The van der Waals surface area contributed by atoms with Gasteiger partial charge in [0.05, 0.1) is 7.11 Å². The third-order valence-corrected chi connectivity index (χ3v) is 3.21. The Labute approximate surface area is 117 Å². The molecule has 0 saturated carbocycles. The SMILES string of the molecule is CCCCCCN(CCCCCC)C(=O)C(=O)OC. The van der Waals surface area contributed by atoms with Crippen molar-refractivity contribution in [1.82, 2.24) is 4.90 Å². The Hall–Kier alpha value is -1.06. The predicted octanol–water partition coefficient (Wildman–Crippen LogP) is 3.15. The van der Waals surface area contributed by atoms with Gasteiger partial charge in [-0.2, -0.15) is 0 Å². The Balaban J connectivity index is 4.13. The first kappa shape index (κ1) is 17.9. The molecule has 0 fully saturated rings. The second-order valence-corrected chi connectivity index (χ2v) is 4.91. The van der Waals surface area contributed by atoms with Crippen LogP contribution in [0.15, 0.2) is 0 Å². The van der Waals surface area contributed by atoms with Crippen LogP contribution in [0.2, 0.25) is 0 Å². The van der Waals surface area contributed by atoms with E-state index in [2.05, 4.69) is 18.6 Å². The number of methoxy groups -OCH3 is 1. The number of esters is 1. The van der Waals surface area contributed by atoms with E-state index in [1.165, 1.54) is 32.8 Å². The van der Waals surface area contributed by atoms with E-state index in [1.54, 1.807) is 4.90 Å². The topological polar surface area (TPSA) is 46.6 Å². The zero-order valence-corrected chi connectivity index (χ0v) is 12.7. The van der Waals surface area contributed by atoms with Crippen molar-refractivity contribution in [3.8, 4) is 0 Å². The second kappa shape index (κ2) is 12.0. The largest absolute Gasteiger partial charge is 0.462 e. The van der Waals surface area contributed by atoms with Gasteiger partial charge in [-0.05, 0) is 12.8 Å². The fourth-order valence-electron chi connectivity index (χ4n) is 1.99. The van der Waals surface area contributed by atoms with Gasteiger partial charge in [0.1, 0.15) is 0 Å². The summed E-state index contributed by atoms with van der Waals surface area (Å²) in [4.78, 5) is 24.8. The van der Waals surface area contributed by atoms with Crippen molar-refractivity contribution in [2.45, 2.75) is 65.2 Å². The van der Waals surface area contributed by atoms with Crippen LogP contribution in [0.4, 0.5) is 0 Å². The van der Waals surface area contributed by atoms with Crippen molar-refractivity contribution < 1.29 is 14.3 Å². The van der Waals surface area contributed by atoms with Crippen molar-refractivity contribution in [3.63, 3.8) is 0 Å². The summed E-state index contributed by atoms with van der Waals surface area (Å²) in [6.45, 7) is 5.64. The van der Waals surface area contributed by atoms with Gasteiger partial charge in [-0.3, -0.25) is 4.79 Å². The zero-order valence-electron chi connectivity index (χ0n) is 12.7. The van der Waals surface area contributed by atoms with Gasteiger partial charge in [-0.25, -0.2) is 4.79 Å². The highest BCUT2D eigenvalue weighted by Gasteiger charge is 2.21. The molecule has 0 aromatic carbocycles. The summed E-state index contributed by atoms with van der Waals surface area (Å²) in [7, 11) is 1.26. The number of hydrogen-bond acceptors (Lipinski definition) is 3. The molecule has 0 atom stereocenters. The van der Waals surface area contributed by atoms with E-state index in [1.807, 2.05) is 0 Å². The predicted molar refractivity (Wildman–Crippen MR) is 76.9 cm³/mol. The van der Waals surface area contributed by atoms with Crippen LogP contribution in [0.3, 0.4) is 0 Å². The summed E-state index contributed by atoms with van der Waals surface area (Å²) >= 11 is 0. The van der Waals surface area contributed by atoms with Crippen LogP contribution in [0.1, 0.15) is 65.2 Å². The maximum Gasteiger partial charge on any atom is 0.396 e. The van der Waals surface area contributed by atoms with E-state index in [9.17, 15) is 9.59 Å². The summed E-state index contributed by atoms with van der Waals surface area (Å²) in [6, 6.07) is 0. The monoisotopic (exact) mass is 271 g/mol. The Bertz CT molecular complexity index is 242. The molecular formula is C15H29NO3. The van der Waals surface area contributed by atoms with Crippen LogP contribution >= 0.6 is 0 Å². The molecule has 4 nitrogen and oxygen atoms in total. The minimum atomic E-state index is -0.744. The number of nitrogens with zero attached hydrogens (tertiary/aromatic N) is 1. The molecule has 0 unspecified atom stereocenters. The Morgan fingerprint density at radius 2 is 1.32 bits per heavy atom. The first-order valence-corrected chi connectivity index (χ1v) is 7.54. The number of ether oxygens (including phenoxy) is 1. The van der Waals surface area contributed by atoms with Crippen molar-refractivity contribution in [3.05, 3.63) is 0 Å². The number of amides is 1. The third kappa shape index (κ3) is 8.62. The summed E-state index contributed by atoms with van der Waals surface area (Å²) in [5.41, 5.74) is 0. The van der Waals surface area contributed by atoms with Crippen molar-refractivity contribution in [1.29, 1.82) is 0 Å². The van der Waals surface area contributed by atoms with Crippen molar-refractivity contribution >= 4 is 11.9 Å². The third-order valence-electron chi connectivity index (χ3n) is 3.21. The van der Waals surface area contributed by atoms with Crippen LogP contribution in [0.25, 0.3) is 0 Å². The van der Waals surface area contributed by atoms with Gasteiger partial charge >= 0.3 is 11.9 Å². The Morgan fingerprint density at radius 3 is 1.68 bits per heavy atom. The van der Waals surface area contributed by atoms with Crippen molar-refractivity contribution in [2.24, 2.45) is 0 Å². The quantitative estimate of drug-likeness (QED) is 0.348. The maximum atomic E-state index is 11.9. The van der Waals surface area contributed by atoms with E-state index >= 15 is 0 Å². The van der Waals surface area contributed by atoms with Gasteiger partial charge in [-0.1, -0.05) is 52.4 Å². The number of rotatable bonds is 10. The normalized spacial score (nSPS) is 10.3. The van der Waals surface area contributed by atoms with Crippen LogP contribution < -0.4 is 0 Å². The Morgan fingerprint density at radius 1 is 0.842 bits per heavy atom. The molecule has 19 heavy (non-hydrogen) atoms. The van der Waals surface area contributed by atoms with E-state index in [0.717, 1.165) is 25.7 Å². The molecule has 0 aliphatic carbocycles. The second-order valence-electron chi connectivity index (χ2n) is 4.91. The highest BCUT2D eigenvalue weighted by Crippen LogP contribution is 2.06. The number of carbonyl (C=O) groups excluding carboxylic acids is 2. The molecule has 0 aromatic heterocycles. The number of carbonyl (C=O) groups is 2. The van der Waals surface area contributed by atoms with E-state index in [-0.39, 0.29) is 0 Å². The van der Waals surface area contributed by atoms with E-state index < -0.39 is 11.9 Å². The molecule has 112 valence electrons. The molecule has 0 aliphatic heterocycles. The van der Waals surface area contributed by atoms with Crippen LogP contribution in [0.5, 0.6) is 0 Å². The van der Waals surface area contributed by atoms with Gasteiger partial charge in [-0.15, -0.1) is 0 Å². The molecule has 0 spiro atoms. The molecular weight excluding hydrogens is 242 g/mol. The first-order valence-electron chi connectivity index (χ1n) is 7.54. The molecule has 0 aliphatic rings. The summed E-state index contributed by atoms with van der Waals surface area (Å²) in [5, 5.41) is 0. The molecule has 4 heteroatoms. The lowest BCUT2D eigenvalue weighted by Gasteiger charge is -2.21. The fraction of sp³-hybridized carbons (Fsp3) is 0.867. The van der Waals surface area contributed by atoms with Crippen LogP contribution in [-0.2, 0) is 14.3 Å². The highest BCUT2D eigenvalue weighted by atomic mass is 16.5. The van der Waals surface area contributed by atoms with Gasteiger partial charge in [0, 0.05) is 13.1 Å². The summed E-state index contributed by atoms with van der Waals surface area (Å²) in [5.74, 6) is -1.23. The smallest absolute Gasteiger partial charge is 0.396 e. The van der Waals surface area contributed by atoms with Crippen LogP contribution in [0, 0.1) is 0 Å². The van der Waals surface area contributed by atoms with Gasteiger partial charge < -0.3 is 9.64 Å². The average molecular weight is 271 g/mol. The maximum absolute atomic E-state index is 11.9. The first-order chi connectivity index (χ1) is 9.17. The molecule has 0 bridgehead atoms. The van der Waals surface area contributed by atoms with E-state index in [0.29, 0.717) is 13.1 Å². The Kier molecular flexibility index (Phi) is 11.3. The molecule has 0 rings (SSSR count). The summed E-state index contributed by atoms with van der Waals surface area (Å²) < 4.78 is 4.52. The van der Waals surface area contributed by atoms with Gasteiger partial charge in [0.15, 0.2) is 0 Å². The lowest BCUT2D eigenvalue weighted by molar-refractivity contribution is -0.158. The van der Waals surface area contributed by atoms with Crippen molar-refractivity contribution in [2.75, 3.05) is 20.2 Å². The van der Waals surface area contributed by atoms with E-state index in [4.69, 9.17) is 0 Å². The fourth-order valence-corrected chi connectivity index (χ4v) is 1.99. The average Bonchev–Trinajstić information content (AvgIpc) is 2.44. The minimum absolute atomic E-state index is 0.490. The minimum Gasteiger partial charge on any atom is -0.462 e. The number of unbranched alkanes of at least 4 members (excludes halogenated alkanes) is 6. The lowest BCUT2D eigenvalue weighted by atomic mass is 10.1. The number of hydrogen-bond donors (Lipinski definition) is 0. The summed E-state index contributed by atoms with van der Waals surface area (Å²) in [6.07, 6.45) is 8.83. The highest BCUT2D eigenvalue weighted by molar-refractivity contribution is 6.32. The molecule has 0 aromatic rings. The standard InChI is InChI=1S/C15H29NO3/c1-4-6-8-10-12-16(13-11-9-7-5-2)14(17)15(18)19-3/h4-13H2,1-3H3. The molecule has 0 radical (unpaired) electrons.